The van der Waals surface area contributed by atoms with Crippen LogP contribution in [0, 0.1) is 5.82 Å². The normalized spacial score (nSPS) is 10.3. The van der Waals surface area contributed by atoms with Crippen LogP contribution in [0.25, 0.3) is 0 Å². The summed E-state index contributed by atoms with van der Waals surface area (Å²) in [5.74, 6) is 0.626. The molecule has 100 valence electrons. The number of nitrogens with zero attached hydrogens (tertiary/aromatic N) is 2. The standard InChI is InChI=1S/C15H18FN3/c1-3-19(14-8-4-6-12(16)10-14)11-13-7-5-9-15(17-2)18-13/h4-10H,3,11H2,1-2H3,(H,17,18). The Labute approximate surface area is 113 Å². The molecule has 1 N–H and O–H groups in total. The molecule has 0 bridgehead atoms. The summed E-state index contributed by atoms with van der Waals surface area (Å²) in [5.41, 5.74) is 1.83. The van der Waals surface area contributed by atoms with E-state index in [4.69, 9.17) is 0 Å². The molecule has 3 nitrogen and oxygen atoms in total. The molecule has 1 aromatic carbocycles. The van der Waals surface area contributed by atoms with Crippen molar-refractivity contribution in [2.24, 2.45) is 0 Å². The van der Waals surface area contributed by atoms with Crippen LogP contribution in [0.2, 0.25) is 0 Å². The Hall–Kier alpha value is -2.10. The van der Waals surface area contributed by atoms with Gasteiger partial charge in [0.2, 0.25) is 0 Å². The fourth-order valence-corrected chi connectivity index (χ4v) is 1.96. The van der Waals surface area contributed by atoms with Crippen molar-refractivity contribution >= 4 is 11.5 Å². The lowest BCUT2D eigenvalue weighted by Crippen LogP contribution is -2.22. The number of anilines is 2. The molecule has 0 spiro atoms. The molecule has 4 heteroatoms. The van der Waals surface area contributed by atoms with Gasteiger partial charge in [-0.2, -0.15) is 0 Å². The molecule has 0 amide bonds. The smallest absolute Gasteiger partial charge is 0.126 e. The first kappa shape index (κ1) is 13.3. The highest BCUT2D eigenvalue weighted by Crippen LogP contribution is 2.18. The second-order valence-corrected chi connectivity index (χ2v) is 4.26. The minimum atomic E-state index is -0.215. The first-order chi connectivity index (χ1) is 9.22. The van der Waals surface area contributed by atoms with E-state index in [1.807, 2.05) is 38.2 Å². The second kappa shape index (κ2) is 6.18. The van der Waals surface area contributed by atoms with Gasteiger partial charge in [0.25, 0.3) is 0 Å². The van der Waals surface area contributed by atoms with Crippen LogP contribution in [0.3, 0.4) is 0 Å². The molecule has 2 rings (SSSR count). The third-order valence-electron chi connectivity index (χ3n) is 2.97. The Kier molecular flexibility index (Phi) is 4.34. The van der Waals surface area contributed by atoms with Crippen molar-refractivity contribution in [3.05, 3.63) is 54.0 Å². The van der Waals surface area contributed by atoms with Gasteiger partial charge in [-0.3, -0.25) is 0 Å². The molecule has 0 aliphatic carbocycles. The van der Waals surface area contributed by atoms with Gasteiger partial charge in [-0.05, 0) is 37.3 Å². The van der Waals surface area contributed by atoms with Crippen molar-refractivity contribution in [2.45, 2.75) is 13.5 Å². The van der Waals surface area contributed by atoms with Crippen molar-refractivity contribution in [3.8, 4) is 0 Å². The highest BCUT2D eigenvalue weighted by Gasteiger charge is 2.07. The first-order valence-corrected chi connectivity index (χ1v) is 6.37. The van der Waals surface area contributed by atoms with Crippen molar-refractivity contribution in [3.63, 3.8) is 0 Å². The van der Waals surface area contributed by atoms with Gasteiger partial charge in [0, 0.05) is 19.3 Å². The number of aromatic nitrogens is 1. The van der Waals surface area contributed by atoms with Crippen LogP contribution in [0.15, 0.2) is 42.5 Å². The van der Waals surface area contributed by atoms with E-state index in [1.54, 1.807) is 12.1 Å². The number of nitrogens with one attached hydrogen (secondary N) is 1. The molecule has 2 aromatic rings. The summed E-state index contributed by atoms with van der Waals surface area (Å²) in [6.45, 7) is 3.51. The molecular formula is C15H18FN3. The van der Waals surface area contributed by atoms with Gasteiger partial charge in [-0.1, -0.05) is 12.1 Å². The average molecular weight is 259 g/mol. The zero-order chi connectivity index (χ0) is 13.7. The lowest BCUT2D eigenvalue weighted by molar-refractivity contribution is 0.626. The lowest BCUT2D eigenvalue weighted by Gasteiger charge is -2.23. The van der Waals surface area contributed by atoms with Gasteiger partial charge in [-0.25, -0.2) is 9.37 Å². The van der Waals surface area contributed by atoms with E-state index in [2.05, 4.69) is 15.2 Å². The summed E-state index contributed by atoms with van der Waals surface area (Å²) >= 11 is 0. The summed E-state index contributed by atoms with van der Waals surface area (Å²) in [6, 6.07) is 12.5. The molecule has 1 heterocycles. The van der Waals surface area contributed by atoms with Gasteiger partial charge >= 0.3 is 0 Å². The molecule has 0 atom stereocenters. The van der Waals surface area contributed by atoms with Gasteiger partial charge < -0.3 is 10.2 Å². The summed E-state index contributed by atoms with van der Waals surface area (Å²) < 4.78 is 13.3. The van der Waals surface area contributed by atoms with Gasteiger partial charge in [0.15, 0.2) is 0 Å². The van der Waals surface area contributed by atoms with E-state index in [0.717, 1.165) is 23.7 Å². The summed E-state index contributed by atoms with van der Waals surface area (Å²) in [6.07, 6.45) is 0. The third kappa shape index (κ3) is 3.44. The average Bonchev–Trinajstić information content (AvgIpc) is 2.45. The predicted molar refractivity (Wildman–Crippen MR) is 76.9 cm³/mol. The summed E-state index contributed by atoms with van der Waals surface area (Å²) in [4.78, 5) is 6.57. The largest absolute Gasteiger partial charge is 0.373 e. The molecule has 19 heavy (non-hydrogen) atoms. The van der Waals surface area contributed by atoms with Crippen molar-refractivity contribution in [2.75, 3.05) is 23.8 Å². The van der Waals surface area contributed by atoms with E-state index in [0.29, 0.717) is 6.54 Å². The van der Waals surface area contributed by atoms with Gasteiger partial charge in [-0.15, -0.1) is 0 Å². The van der Waals surface area contributed by atoms with E-state index >= 15 is 0 Å². The number of pyridine rings is 1. The Morgan fingerprint density at radius 3 is 2.68 bits per heavy atom. The molecular weight excluding hydrogens is 241 g/mol. The minimum absolute atomic E-state index is 0.215. The lowest BCUT2D eigenvalue weighted by atomic mass is 10.2. The van der Waals surface area contributed by atoms with Crippen LogP contribution in [-0.4, -0.2) is 18.6 Å². The number of hydrogen-bond donors (Lipinski definition) is 1. The fraction of sp³-hybridized carbons (Fsp3) is 0.267. The fourth-order valence-electron chi connectivity index (χ4n) is 1.96. The number of halogens is 1. The molecule has 0 unspecified atom stereocenters. The molecule has 0 aliphatic heterocycles. The monoisotopic (exact) mass is 259 g/mol. The van der Waals surface area contributed by atoms with Crippen molar-refractivity contribution in [1.29, 1.82) is 0 Å². The Balaban J connectivity index is 2.18. The SMILES string of the molecule is CCN(Cc1cccc(NC)n1)c1cccc(F)c1. The third-order valence-corrected chi connectivity index (χ3v) is 2.97. The summed E-state index contributed by atoms with van der Waals surface area (Å²) in [5, 5.41) is 3.02. The van der Waals surface area contributed by atoms with Crippen LogP contribution < -0.4 is 10.2 Å². The highest BCUT2D eigenvalue weighted by molar-refractivity contribution is 5.47. The Morgan fingerprint density at radius 2 is 2.00 bits per heavy atom. The van der Waals surface area contributed by atoms with E-state index in [9.17, 15) is 4.39 Å². The van der Waals surface area contributed by atoms with Gasteiger partial charge in [0.05, 0.1) is 12.2 Å². The zero-order valence-electron chi connectivity index (χ0n) is 11.2. The van der Waals surface area contributed by atoms with Crippen molar-refractivity contribution in [1.82, 2.24) is 4.98 Å². The van der Waals surface area contributed by atoms with Crippen LogP contribution in [0.4, 0.5) is 15.9 Å². The van der Waals surface area contributed by atoms with E-state index in [-0.39, 0.29) is 5.82 Å². The molecule has 0 aliphatic rings. The van der Waals surface area contributed by atoms with Gasteiger partial charge in [0.1, 0.15) is 11.6 Å². The first-order valence-electron chi connectivity index (χ1n) is 6.37. The number of rotatable bonds is 5. The maximum Gasteiger partial charge on any atom is 0.126 e. The molecule has 0 saturated heterocycles. The molecule has 1 aromatic heterocycles. The maximum atomic E-state index is 13.3. The highest BCUT2D eigenvalue weighted by atomic mass is 19.1. The molecule has 0 saturated carbocycles. The van der Waals surface area contributed by atoms with Crippen LogP contribution in [0.5, 0.6) is 0 Å². The zero-order valence-corrected chi connectivity index (χ0v) is 11.2. The van der Waals surface area contributed by atoms with Crippen molar-refractivity contribution < 1.29 is 4.39 Å². The van der Waals surface area contributed by atoms with Crippen LogP contribution in [0.1, 0.15) is 12.6 Å². The maximum absolute atomic E-state index is 13.3. The topological polar surface area (TPSA) is 28.2 Å². The Bertz CT molecular complexity index is 542. The number of benzene rings is 1. The Morgan fingerprint density at radius 1 is 1.21 bits per heavy atom. The quantitative estimate of drug-likeness (QED) is 0.893. The van der Waals surface area contributed by atoms with Crippen LogP contribution in [-0.2, 0) is 6.54 Å². The number of hydrogen-bond acceptors (Lipinski definition) is 3. The van der Waals surface area contributed by atoms with E-state index < -0.39 is 0 Å². The predicted octanol–water partition coefficient (Wildman–Crippen LogP) is 3.29. The molecule has 0 radical (unpaired) electrons. The van der Waals surface area contributed by atoms with E-state index in [1.165, 1.54) is 6.07 Å². The minimum Gasteiger partial charge on any atom is -0.373 e. The van der Waals surface area contributed by atoms with Crippen LogP contribution >= 0.6 is 0 Å². The summed E-state index contributed by atoms with van der Waals surface area (Å²) in [7, 11) is 1.84. The second-order valence-electron chi connectivity index (χ2n) is 4.26. The molecule has 0 fully saturated rings.